The van der Waals surface area contributed by atoms with Crippen LogP contribution in [0.2, 0.25) is 0 Å². The molecule has 0 aromatic carbocycles. The van der Waals surface area contributed by atoms with E-state index >= 15 is 0 Å². The van der Waals surface area contributed by atoms with Crippen LogP contribution < -0.4 is 0 Å². The molecule has 0 saturated carbocycles. The minimum absolute atomic E-state index is 0.291. The van der Waals surface area contributed by atoms with Crippen LogP contribution in [0.25, 0.3) is 0 Å². The summed E-state index contributed by atoms with van der Waals surface area (Å²) in [4.78, 5) is 0. The van der Waals surface area contributed by atoms with Crippen LogP contribution >= 0.6 is 0 Å². The zero-order valence-electron chi connectivity index (χ0n) is 27.3. The predicted molar refractivity (Wildman–Crippen MR) is 181 cm³/mol. The van der Waals surface area contributed by atoms with Gasteiger partial charge >= 0.3 is 0 Å². The van der Waals surface area contributed by atoms with E-state index in [1.54, 1.807) is 11.1 Å². The average Bonchev–Trinajstić information content (AvgIpc) is 2.85. The zero-order valence-corrected chi connectivity index (χ0v) is 27.3. The molecular formula is C40H56. The van der Waals surface area contributed by atoms with Crippen molar-refractivity contribution in [1.29, 1.82) is 0 Å². The second-order valence-corrected chi connectivity index (χ2v) is 13.3. The lowest BCUT2D eigenvalue weighted by atomic mass is 9.72. The minimum Gasteiger partial charge on any atom is -0.0696 e. The van der Waals surface area contributed by atoms with Gasteiger partial charge < -0.3 is 0 Å². The van der Waals surface area contributed by atoms with Crippen molar-refractivity contribution in [2.24, 2.45) is 10.8 Å². The Morgan fingerprint density at radius 1 is 0.500 bits per heavy atom. The lowest BCUT2D eigenvalue weighted by Crippen LogP contribution is -2.19. The molecule has 2 rings (SSSR count). The molecule has 0 amide bonds. The second kappa shape index (κ2) is 15.8. The molecule has 0 aromatic rings. The van der Waals surface area contributed by atoms with E-state index in [1.807, 2.05) is 0 Å². The Kier molecular flexibility index (Phi) is 13.2. The highest BCUT2D eigenvalue weighted by atomic mass is 14.3. The Morgan fingerprint density at radius 2 is 0.825 bits per heavy atom. The standard InChI is InChI=1S/C40H56/c1-31(19-13-21-33(3)25-27-37-35(5)23-15-29-39(37,7)8)17-11-12-18-32(2)20-14-22-34(4)26-28-38-36(6)24-16-30-40(38,9)10/h11-14,17-22,25-28H,15-16,23-24,29-30H2,1-10H3/b12-11-,19-13-,20-14+,27-25+,28-26+,31-17+,32-18-,33-21+,34-22+. The minimum atomic E-state index is 0.291. The summed E-state index contributed by atoms with van der Waals surface area (Å²) in [5.41, 5.74) is 11.7. The van der Waals surface area contributed by atoms with E-state index in [2.05, 4.69) is 154 Å². The molecule has 0 fully saturated rings. The van der Waals surface area contributed by atoms with E-state index in [0.29, 0.717) is 10.8 Å². The highest BCUT2D eigenvalue weighted by molar-refractivity contribution is 5.39. The van der Waals surface area contributed by atoms with Crippen LogP contribution in [-0.4, -0.2) is 0 Å². The molecule has 0 nitrogen and oxygen atoms in total. The molecule has 0 bridgehead atoms. The van der Waals surface area contributed by atoms with Crippen LogP contribution in [0.1, 0.15) is 108 Å². The van der Waals surface area contributed by atoms with E-state index in [0.717, 1.165) is 0 Å². The average molecular weight is 537 g/mol. The van der Waals surface area contributed by atoms with Gasteiger partial charge in [0.2, 0.25) is 0 Å². The van der Waals surface area contributed by atoms with Crippen molar-refractivity contribution in [3.63, 3.8) is 0 Å². The Morgan fingerprint density at radius 3 is 1.18 bits per heavy atom. The van der Waals surface area contributed by atoms with Crippen LogP contribution in [-0.2, 0) is 0 Å². The fourth-order valence-corrected chi connectivity index (χ4v) is 5.79. The van der Waals surface area contributed by atoms with Gasteiger partial charge in [-0.2, -0.15) is 0 Å². The van der Waals surface area contributed by atoms with Crippen molar-refractivity contribution in [1.82, 2.24) is 0 Å². The van der Waals surface area contributed by atoms with Crippen molar-refractivity contribution >= 4 is 0 Å². The fraction of sp³-hybridized carbons (Fsp3) is 0.450. The molecule has 0 aliphatic heterocycles. The maximum Gasteiger partial charge on any atom is -0.0104 e. The smallest absolute Gasteiger partial charge is 0.0104 e. The Balaban J connectivity index is 1.89. The maximum absolute atomic E-state index is 2.37. The van der Waals surface area contributed by atoms with Crippen LogP contribution in [0.15, 0.2) is 130 Å². The van der Waals surface area contributed by atoms with Crippen molar-refractivity contribution in [2.45, 2.75) is 108 Å². The largest absolute Gasteiger partial charge is 0.0696 e. The zero-order chi connectivity index (χ0) is 29.8. The number of allylic oxidation sites excluding steroid dienone is 22. The monoisotopic (exact) mass is 536 g/mol. The lowest BCUT2D eigenvalue weighted by molar-refractivity contribution is 0.376. The van der Waals surface area contributed by atoms with Gasteiger partial charge in [-0.05, 0) is 102 Å². The first-order valence-corrected chi connectivity index (χ1v) is 15.3. The number of hydrogen-bond donors (Lipinski definition) is 0. The second-order valence-electron chi connectivity index (χ2n) is 13.3. The highest BCUT2D eigenvalue weighted by Crippen LogP contribution is 2.41. The van der Waals surface area contributed by atoms with Crippen LogP contribution in [0.5, 0.6) is 0 Å². The van der Waals surface area contributed by atoms with Gasteiger partial charge in [0, 0.05) is 0 Å². The summed E-state index contributed by atoms with van der Waals surface area (Å²) in [7, 11) is 0. The summed E-state index contributed by atoms with van der Waals surface area (Å²) in [6.07, 6.45) is 38.4. The SMILES string of the molecule is CC1=C(/C=C/C(C)=C/C=C\C(C)=C\C=C/C=C(C)\C=C\C=C(C)\C=C\C2=C(C)CCCC2(C)C)C(C)(C)CCC1. The van der Waals surface area contributed by atoms with Gasteiger partial charge in [0.05, 0.1) is 0 Å². The molecule has 0 atom stereocenters. The molecule has 0 heteroatoms. The molecule has 0 heterocycles. The molecule has 0 radical (unpaired) electrons. The molecule has 216 valence electrons. The summed E-state index contributed by atoms with van der Waals surface area (Å²) in [6, 6.07) is 0. The first-order valence-electron chi connectivity index (χ1n) is 15.3. The highest BCUT2D eigenvalue weighted by Gasteiger charge is 2.27. The van der Waals surface area contributed by atoms with Crippen molar-refractivity contribution in [2.75, 3.05) is 0 Å². The third-order valence-electron chi connectivity index (χ3n) is 8.38. The summed E-state index contributed by atoms with van der Waals surface area (Å²) in [5.74, 6) is 0. The van der Waals surface area contributed by atoms with Gasteiger partial charge in [0.25, 0.3) is 0 Å². The Hall–Kier alpha value is -2.86. The van der Waals surface area contributed by atoms with Gasteiger partial charge in [0.1, 0.15) is 0 Å². The lowest BCUT2D eigenvalue weighted by Gasteiger charge is -2.33. The van der Waals surface area contributed by atoms with Gasteiger partial charge in [-0.1, -0.05) is 146 Å². The molecule has 0 aromatic heterocycles. The van der Waals surface area contributed by atoms with Crippen LogP contribution in [0, 0.1) is 10.8 Å². The molecular weight excluding hydrogens is 480 g/mol. The third kappa shape index (κ3) is 11.3. The maximum atomic E-state index is 2.37. The topological polar surface area (TPSA) is 0 Å². The first-order chi connectivity index (χ1) is 18.8. The van der Waals surface area contributed by atoms with E-state index in [9.17, 15) is 0 Å². The van der Waals surface area contributed by atoms with E-state index < -0.39 is 0 Å². The van der Waals surface area contributed by atoms with E-state index in [-0.39, 0.29) is 0 Å². The summed E-state index contributed by atoms with van der Waals surface area (Å²) in [5, 5.41) is 0. The predicted octanol–water partition coefficient (Wildman–Crippen LogP) is 12.6. The molecule has 2 aliphatic carbocycles. The molecule has 2 aliphatic rings. The normalized spacial score (nSPS) is 21.9. The molecule has 0 unspecified atom stereocenters. The van der Waals surface area contributed by atoms with Gasteiger partial charge in [0.15, 0.2) is 0 Å². The summed E-state index contributed by atoms with van der Waals surface area (Å²) < 4.78 is 0. The van der Waals surface area contributed by atoms with Crippen molar-refractivity contribution in [3.05, 3.63) is 130 Å². The van der Waals surface area contributed by atoms with Gasteiger partial charge in [-0.3, -0.25) is 0 Å². The molecule has 40 heavy (non-hydrogen) atoms. The summed E-state index contributed by atoms with van der Waals surface area (Å²) in [6.45, 7) is 22.7. The third-order valence-corrected chi connectivity index (χ3v) is 8.38. The van der Waals surface area contributed by atoms with Gasteiger partial charge in [-0.15, -0.1) is 0 Å². The van der Waals surface area contributed by atoms with Crippen molar-refractivity contribution < 1.29 is 0 Å². The van der Waals surface area contributed by atoms with E-state index in [4.69, 9.17) is 0 Å². The fourth-order valence-electron chi connectivity index (χ4n) is 5.79. The van der Waals surface area contributed by atoms with E-state index in [1.165, 1.54) is 72.0 Å². The Bertz CT molecular complexity index is 1120. The first kappa shape index (κ1) is 33.3. The van der Waals surface area contributed by atoms with Crippen LogP contribution in [0.4, 0.5) is 0 Å². The quantitative estimate of drug-likeness (QED) is 0.244. The number of rotatable bonds is 10. The summed E-state index contributed by atoms with van der Waals surface area (Å²) >= 11 is 0. The Labute approximate surface area is 247 Å². The van der Waals surface area contributed by atoms with Crippen molar-refractivity contribution in [3.8, 4) is 0 Å². The molecule has 0 saturated heterocycles. The van der Waals surface area contributed by atoms with Gasteiger partial charge in [-0.25, -0.2) is 0 Å². The molecule has 0 spiro atoms. The number of hydrogen-bond acceptors (Lipinski definition) is 0. The molecule has 0 N–H and O–H groups in total. The van der Waals surface area contributed by atoms with Crippen LogP contribution in [0.3, 0.4) is 0 Å².